The normalized spacial score (nSPS) is 12.3. The van der Waals surface area contributed by atoms with Crippen LogP contribution in [0.4, 0.5) is 0 Å². The Morgan fingerprint density at radius 2 is 0.857 bits per heavy atom. The summed E-state index contributed by atoms with van der Waals surface area (Å²) in [6.45, 7) is 0. The van der Waals surface area contributed by atoms with Crippen molar-refractivity contribution in [2.75, 3.05) is 0 Å². The van der Waals surface area contributed by atoms with Crippen LogP contribution in [-0.4, -0.2) is 9.97 Å². The van der Waals surface area contributed by atoms with Gasteiger partial charge in [-0.15, -0.1) is 0 Å². The SMILES string of the molecule is N#CC(C#N)=C1C(c2ccc(C#N)cn2)=C(C#N)c2cc3c(cc21)C(C#N)=C(c1ccc(C#N)cn1)C3=C(C#N)C#N. The van der Waals surface area contributed by atoms with E-state index in [2.05, 4.69) is 22.1 Å². The number of pyridine rings is 2. The second-order valence-electron chi connectivity index (χ2n) is 8.70. The maximum absolute atomic E-state index is 10.3. The van der Waals surface area contributed by atoms with Gasteiger partial charge < -0.3 is 0 Å². The predicted molar refractivity (Wildman–Crippen MR) is 145 cm³/mol. The average molecular weight is 532 g/mol. The molecule has 1 aromatic carbocycles. The molecule has 2 aliphatic rings. The van der Waals surface area contributed by atoms with E-state index in [1.54, 1.807) is 12.1 Å². The summed E-state index contributed by atoms with van der Waals surface area (Å²) in [5.41, 5.74) is 2.40. The number of benzene rings is 1. The maximum Gasteiger partial charge on any atom is 0.138 e. The molecule has 2 aromatic heterocycles. The molecule has 0 spiro atoms. The number of rotatable bonds is 2. The van der Waals surface area contributed by atoms with E-state index in [1.165, 1.54) is 36.7 Å². The van der Waals surface area contributed by atoms with Crippen LogP contribution in [-0.2, 0) is 0 Å². The molecule has 0 amide bonds. The van der Waals surface area contributed by atoms with E-state index < -0.39 is 0 Å². The van der Waals surface area contributed by atoms with Crippen LogP contribution in [0.5, 0.6) is 0 Å². The van der Waals surface area contributed by atoms with E-state index in [0.717, 1.165) is 0 Å². The lowest BCUT2D eigenvalue weighted by atomic mass is 9.91. The third-order valence-electron chi connectivity index (χ3n) is 6.70. The minimum absolute atomic E-state index is 0.0706. The highest BCUT2D eigenvalue weighted by Gasteiger charge is 2.37. The molecule has 0 saturated heterocycles. The van der Waals surface area contributed by atoms with Crippen LogP contribution in [0.25, 0.3) is 33.4 Å². The van der Waals surface area contributed by atoms with E-state index in [4.69, 9.17) is 0 Å². The minimum Gasteiger partial charge on any atom is -0.255 e. The summed E-state index contributed by atoms with van der Waals surface area (Å²) in [4.78, 5) is 8.57. The zero-order valence-corrected chi connectivity index (χ0v) is 21.1. The first-order chi connectivity index (χ1) is 20.5. The largest absolute Gasteiger partial charge is 0.255 e. The van der Waals surface area contributed by atoms with Gasteiger partial charge in [-0.25, -0.2) is 0 Å². The van der Waals surface area contributed by atoms with Crippen molar-refractivity contribution in [2.24, 2.45) is 0 Å². The number of allylic oxidation sites excluding steroid dienone is 8. The van der Waals surface area contributed by atoms with E-state index >= 15 is 0 Å². The summed E-state index contributed by atoms with van der Waals surface area (Å²) in [7, 11) is 0. The van der Waals surface area contributed by atoms with Crippen molar-refractivity contribution in [2.45, 2.75) is 0 Å². The Balaban J connectivity index is 1.90. The third-order valence-corrected chi connectivity index (χ3v) is 6.70. The van der Waals surface area contributed by atoms with E-state index in [-0.39, 0.29) is 67.1 Å². The fraction of sp³-hybridized carbons (Fsp3) is 0. The second-order valence-corrected chi connectivity index (χ2v) is 8.70. The van der Waals surface area contributed by atoms with Gasteiger partial charge in [-0.1, -0.05) is 0 Å². The molecular formula is C32H8N10. The lowest BCUT2D eigenvalue weighted by molar-refractivity contribution is 1.26. The Kier molecular flexibility index (Phi) is 6.37. The van der Waals surface area contributed by atoms with Gasteiger partial charge in [0.25, 0.3) is 0 Å². The summed E-state index contributed by atoms with van der Waals surface area (Å²) < 4.78 is 0. The van der Waals surface area contributed by atoms with Crippen molar-refractivity contribution < 1.29 is 0 Å². The molecule has 2 heterocycles. The summed E-state index contributed by atoms with van der Waals surface area (Å²) in [5, 5.41) is 78.4. The molecule has 0 fully saturated rings. The molecule has 10 nitrogen and oxygen atoms in total. The van der Waals surface area contributed by atoms with Gasteiger partial charge in [0.1, 0.15) is 59.7 Å². The molecule has 0 N–H and O–H groups in total. The van der Waals surface area contributed by atoms with Gasteiger partial charge in [0.05, 0.1) is 33.7 Å². The van der Waals surface area contributed by atoms with E-state index in [1.807, 2.05) is 36.4 Å². The van der Waals surface area contributed by atoms with E-state index in [9.17, 15) is 42.1 Å². The number of aromatic nitrogens is 2. The third kappa shape index (κ3) is 3.74. The molecule has 2 aliphatic carbocycles. The van der Waals surface area contributed by atoms with Crippen molar-refractivity contribution in [3.8, 4) is 48.6 Å². The molecule has 186 valence electrons. The Labute approximate surface area is 238 Å². The summed E-state index contributed by atoms with van der Waals surface area (Å²) >= 11 is 0. The number of nitrogens with zero attached hydrogens (tertiary/aromatic N) is 10. The first-order valence-electron chi connectivity index (χ1n) is 11.8. The molecule has 10 heteroatoms. The van der Waals surface area contributed by atoms with Gasteiger partial charge >= 0.3 is 0 Å². The lowest BCUT2D eigenvalue weighted by Gasteiger charge is -2.10. The molecule has 0 aliphatic heterocycles. The van der Waals surface area contributed by atoms with Gasteiger partial charge in [-0.3, -0.25) is 9.97 Å². The average Bonchev–Trinajstić information content (AvgIpc) is 3.53. The maximum atomic E-state index is 10.3. The molecular weight excluding hydrogens is 524 g/mol. The van der Waals surface area contributed by atoms with Crippen molar-refractivity contribution in [1.82, 2.24) is 9.97 Å². The van der Waals surface area contributed by atoms with Gasteiger partial charge in [-0.2, -0.15) is 42.1 Å². The predicted octanol–water partition coefficient (Wildman–Crippen LogP) is 4.72. The molecule has 3 aromatic rings. The van der Waals surface area contributed by atoms with Gasteiger partial charge in [0.15, 0.2) is 0 Å². The topological polar surface area (TPSA) is 216 Å². The number of hydrogen-bond acceptors (Lipinski definition) is 10. The highest BCUT2D eigenvalue weighted by Crippen LogP contribution is 2.53. The van der Waals surface area contributed by atoms with Crippen molar-refractivity contribution in [3.63, 3.8) is 0 Å². The molecule has 0 radical (unpaired) electrons. The summed E-state index contributed by atoms with van der Waals surface area (Å²) in [6, 6.07) is 24.7. The van der Waals surface area contributed by atoms with Gasteiger partial charge in [0.2, 0.25) is 0 Å². The van der Waals surface area contributed by atoms with Crippen LogP contribution >= 0.6 is 0 Å². The summed E-state index contributed by atoms with van der Waals surface area (Å²) in [6.07, 6.45) is 2.60. The zero-order chi connectivity index (χ0) is 30.0. The van der Waals surface area contributed by atoms with Crippen molar-refractivity contribution in [1.29, 1.82) is 42.1 Å². The first-order valence-corrected chi connectivity index (χ1v) is 11.8. The highest BCUT2D eigenvalue weighted by molar-refractivity contribution is 6.29. The highest BCUT2D eigenvalue weighted by atomic mass is 14.7. The van der Waals surface area contributed by atoms with Crippen LogP contribution in [0.3, 0.4) is 0 Å². The van der Waals surface area contributed by atoms with Crippen LogP contribution in [0.2, 0.25) is 0 Å². The standard InChI is InChI=1S/C32H8N10/c33-7-17-1-3-27(41-15-17)31-25(13-39)21-5-24-22(6-23(21)29(31)19(9-35)10-36)26(14-40)32(30(24)20(11-37)12-38)28-4-2-18(8-34)16-42-28/h1-6,15-16H. The summed E-state index contributed by atoms with van der Waals surface area (Å²) in [5.74, 6) is 0. The van der Waals surface area contributed by atoms with Crippen LogP contribution in [0, 0.1) is 90.6 Å². The molecule has 0 saturated carbocycles. The van der Waals surface area contributed by atoms with Gasteiger partial charge in [0, 0.05) is 45.8 Å². The molecule has 0 unspecified atom stereocenters. The molecule has 0 atom stereocenters. The number of hydrogen-bond donors (Lipinski definition) is 0. The fourth-order valence-corrected chi connectivity index (χ4v) is 4.97. The van der Waals surface area contributed by atoms with Gasteiger partial charge in [-0.05, 0) is 47.5 Å². The Morgan fingerprint density at radius 3 is 1.12 bits per heavy atom. The van der Waals surface area contributed by atoms with Crippen LogP contribution in [0.1, 0.15) is 44.8 Å². The molecule has 0 bridgehead atoms. The Bertz CT molecular complexity index is 2040. The molecule has 42 heavy (non-hydrogen) atoms. The fourth-order valence-electron chi connectivity index (χ4n) is 4.97. The Hall–Kier alpha value is -7.60. The number of nitriles is 8. The quantitative estimate of drug-likeness (QED) is 0.413. The lowest BCUT2D eigenvalue weighted by Crippen LogP contribution is -1.96. The monoisotopic (exact) mass is 532 g/mol. The molecule has 5 rings (SSSR count). The minimum atomic E-state index is -0.303. The van der Waals surface area contributed by atoms with Crippen molar-refractivity contribution in [3.05, 3.63) is 105 Å². The van der Waals surface area contributed by atoms with E-state index in [0.29, 0.717) is 22.3 Å². The number of fused-ring (bicyclic) bond motifs is 2. The zero-order valence-electron chi connectivity index (χ0n) is 21.1. The second kappa shape index (κ2) is 10.3. The Morgan fingerprint density at radius 1 is 0.476 bits per heavy atom. The van der Waals surface area contributed by atoms with Crippen molar-refractivity contribution >= 4 is 33.4 Å². The van der Waals surface area contributed by atoms with Crippen LogP contribution in [0.15, 0.2) is 59.9 Å². The first kappa shape index (κ1) is 26.0. The van der Waals surface area contributed by atoms with Crippen LogP contribution < -0.4 is 0 Å². The smallest absolute Gasteiger partial charge is 0.138 e.